The summed E-state index contributed by atoms with van der Waals surface area (Å²) in [5.74, 6) is 1.62. The number of para-hydroxylation sites is 1. The van der Waals surface area contributed by atoms with E-state index in [1.165, 1.54) is 18.4 Å². The van der Waals surface area contributed by atoms with Crippen LogP contribution in [0.4, 0.5) is 0 Å². The number of nitrogens with zero attached hydrogens (tertiary/aromatic N) is 2. The summed E-state index contributed by atoms with van der Waals surface area (Å²) in [5, 5.41) is 0.629. The number of aromatic nitrogens is 2. The van der Waals surface area contributed by atoms with Crippen molar-refractivity contribution in [3.05, 3.63) is 70.3 Å². The van der Waals surface area contributed by atoms with E-state index in [-0.39, 0.29) is 5.56 Å². The first kappa shape index (κ1) is 20.1. The first-order valence-corrected chi connectivity index (χ1v) is 10.1. The second-order valence-electron chi connectivity index (χ2n) is 7.03. The summed E-state index contributed by atoms with van der Waals surface area (Å²) in [5.41, 5.74) is 1.87. The lowest BCUT2D eigenvalue weighted by atomic mass is 10.2. The van der Waals surface area contributed by atoms with Gasteiger partial charge in [-0.25, -0.2) is 4.98 Å². The van der Waals surface area contributed by atoms with Crippen LogP contribution in [-0.4, -0.2) is 28.0 Å². The fourth-order valence-electron chi connectivity index (χ4n) is 3.19. The van der Waals surface area contributed by atoms with E-state index in [4.69, 9.17) is 4.74 Å². The number of ether oxygens (including phenoxy) is 1. The number of nitrogens with one attached hydrogen (secondary N) is 1. The molecule has 1 N–H and O–H groups in total. The van der Waals surface area contributed by atoms with Crippen LogP contribution in [-0.2, 0) is 13.1 Å². The smallest absolute Gasteiger partial charge is 0.258 e. The molecule has 0 fully saturated rings. The summed E-state index contributed by atoms with van der Waals surface area (Å²) in [6.45, 7) is 7.35. The molecule has 28 heavy (non-hydrogen) atoms. The second-order valence-corrected chi connectivity index (χ2v) is 7.03. The molecule has 5 heteroatoms. The van der Waals surface area contributed by atoms with Gasteiger partial charge in [-0.05, 0) is 42.8 Å². The van der Waals surface area contributed by atoms with Gasteiger partial charge in [0.1, 0.15) is 11.6 Å². The molecule has 3 rings (SSSR count). The lowest BCUT2D eigenvalue weighted by Crippen LogP contribution is -2.25. The molecule has 0 atom stereocenters. The van der Waals surface area contributed by atoms with E-state index in [1.54, 1.807) is 6.07 Å². The zero-order valence-electron chi connectivity index (χ0n) is 16.8. The molecule has 0 bridgehead atoms. The minimum Gasteiger partial charge on any atom is -0.494 e. The quantitative estimate of drug-likeness (QED) is 0.527. The van der Waals surface area contributed by atoms with Crippen molar-refractivity contribution < 1.29 is 4.74 Å². The van der Waals surface area contributed by atoms with Crippen LogP contribution in [0.2, 0.25) is 0 Å². The maximum Gasteiger partial charge on any atom is 0.258 e. The van der Waals surface area contributed by atoms with Gasteiger partial charge < -0.3 is 9.72 Å². The Bertz CT molecular complexity index is 934. The largest absolute Gasteiger partial charge is 0.494 e. The molecule has 0 aliphatic heterocycles. The summed E-state index contributed by atoms with van der Waals surface area (Å²) in [6, 6.07) is 15.7. The van der Waals surface area contributed by atoms with E-state index in [2.05, 4.69) is 40.8 Å². The van der Waals surface area contributed by atoms with Crippen LogP contribution < -0.4 is 10.3 Å². The third-order valence-corrected chi connectivity index (χ3v) is 4.83. The molecule has 0 spiro atoms. The number of hydrogen-bond acceptors (Lipinski definition) is 4. The van der Waals surface area contributed by atoms with E-state index in [9.17, 15) is 4.79 Å². The van der Waals surface area contributed by atoms with Crippen molar-refractivity contribution in [3.8, 4) is 5.75 Å². The molecule has 2 aromatic carbocycles. The van der Waals surface area contributed by atoms with Crippen LogP contribution in [0.1, 0.15) is 44.5 Å². The van der Waals surface area contributed by atoms with Gasteiger partial charge in [-0.15, -0.1) is 0 Å². The highest BCUT2D eigenvalue weighted by molar-refractivity contribution is 5.77. The molecule has 148 valence electrons. The summed E-state index contributed by atoms with van der Waals surface area (Å²) in [6.07, 6.45) is 3.50. The molecule has 1 aromatic heterocycles. The Hall–Kier alpha value is -2.66. The average molecular weight is 380 g/mol. The normalized spacial score (nSPS) is 11.2. The lowest BCUT2D eigenvalue weighted by molar-refractivity contribution is 0.264. The highest BCUT2D eigenvalue weighted by Gasteiger charge is 2.09. The van der Waals surface area contributed by atoms with Gasteiger partial charge >= 0.3 is 0 Å². The number of aromatic amines is 1. The topological polar surface area (TPSA) is 58.2 Å². The minimum atomic E-state index is -0.0822. The molecule has 5 nitrogen and oxygen atoms in total. The number of rotatable bonds is 10. The molecule has 0 aliphatic carbocycles. The summed E-state index contributed by atoms with van der Waals surface area (Å²) < 4.78 is 5.78. The first-order valence-electron chi connectivity index (χ1n) is 10.1. The molecule has 0 radical (unpaired) electrons. The third kappa shape index (κ3) is 5.42. The Kier molecular flexibility index (Phi) is 7.20. The van der Waals surface area contributed by atoms with Crippen molar-refractivity contribution in [2.75, 3.05) is 13.2 Å². The molecule has 0 aliphatic rings. The van der Waals surface area contributed by atoms with Gasteiger partial charge in [-0.1, -0.05) is 51.0 Å². The van der Waals surface area contributed by atoms with E-state index < -0.39 is 0 Å². The van der Waals surface area contributed by atoms with Crippen molar-refractivity contribution in [1.29, 1.82) is 0 Å². The zero-order chi connectivity index (χ0) is 19.8. The first-order chi connectivity index (χ1) is 13.7. The Morgan fingerprint density at radius 3 is 2.54 bits per heavy atom. The Labute approximate surface area is 166 Å². The molecule has 1 heterocycles. The monoisotopic (exact) mass is 379 g/mol. The lowest BCUT2D eigenvalue weighted by Gasteiger charge is -2.20. The Morgan fingerprint density at radius 2 is 1.79 bits per heavy atom. The number of hydrogen-bond donors (Lipinski definition) is 1. The SMILES string of the molecule is CCCCCOc1ccc(CN(CC)Cc2nc3ccccc3c(=O)[nH]2)cc1. The summed E-state index contributed by atoms with van der Waals surface area (Å²) >= 11 is 0. The number of unbranched alkanes of at least 4 members (excludes halogenated alkanes) is 2. The highest BCUT2D eigenvalue weighted by Crippen LogP contribution is 2.15. The number of H-pyrrole nitrogens is 1. The second kappa shape index (κ2) is 10.0. The maximum atomic E-state index is 12.3. The van der Waals surface area contributed by atoms with Crippen LogP contribution >= 0.6 is 0 Å². The van der Waals surface area contributed by atoms with Crippen molar-refractivity contribution in [1.82, 2.24) is 14.9 Å². The predicted octanol–water partition coefficient (Wildman–Crippen LogP) is 4.51. The predicted molar refractivity (Wildman–Crippen MR) is 114 cm³/mol. The molecule has 0 unspecified atom stereocenters. The van der Waals surface area contributed by atoms with Gasteiger partial charge in [0.05, 0.1) is 24.1 Å². The fraction of sp³-hybridized carbons (Fsp3) is 0.391. The fourth-order valence-corrected chi connectivity index (χ4v) is 3.19. The molecule has 0 saturated heterocycles. The summed E-state index contributed by atoms with van der Waals surface area (Å²) in [4.78, 5) is 22.0. The molecule has 3 aromatic rings. The van der Waals surface area contributed by atoms with Crippen LogP contribution in [0.15, 0.2) is 53.3 Å². The van der Waals surface area contributed by atoms with Gasteiger partial charge in [0.2, 0.25) is 0 Å². The van der Waals surface area contributed by atoms with Crippen molar-refractivity contribution >= 4 is 10.9 Å². The number of benzene rings is 2. The van der Waals surface area contributed by atoms with E-state index in [0.29, 0.717) is 17.8 Å². The van der Waals surface area contributed by atoms with Crippen LogP contribution in [0, 0.1) is 0 Å². The van der Waals surface area contributed by atoms with Gasteiger partial charge in [0.25, 0.3) is 5.56 Å². The highest BCUT2D eigenvalue weighted by atomic mass is 16.5. The standard InChI is InChI=1S/C23H29N3O2/c1-3-5-8-15-28-19-13-11-18(12-14-19)16-26(4-2)17-22-24-21-10-7-6-9-20(21)23(27)25-22/h6-7,9-14H,3-5,8,15-17H2,1-2H3,(H,24,25,27). The van der Waals surface area contributed by atoms with E-state index >= 15 is 0 Å². The van der Waals surface area contributed by atoms with Crippen LogP contribution in [0.5, 0.6) is 5.75 Å². The van der Waals surface area contributed by atoms with E-state index in [1.807, 2.05) is 30.3 Å². The summed E-state index contributed by atoms with van der Waals surface area (Å²) in [7, 11) is 0. The molecule has 0 amide bonds. The van der Waals surface area contributed by atoms with Crippen molar-refractivity contribution in [2.45, 2.75) is 46.2 Å². The zero-order valence-corrected chi connectivity index (χ0v) is 16.8. The van der Waals surface area contributed by atoms with Crippen molar-refractivity contribution in [2.24, 2.45) is 0 Å². The molecule has 0 saturated carbocycles. The maximum absolute atomic E-state index is 12.3. The Morgan fingerprint density at radius 1 is 1.00 bits per heavy atom. The molecular formula is C23H29N3O2. The van der Waals surface area contributed by atoms with Gasteiger partial charge in [-0.3, -0.25) is 9.69 Å². The minimum absolute atomic E-state index is 0.0822. The van der Waals surface area contributed by atoms with Crippen LogP contribution in [0.3, 0.4) is 0 Å². The van der Waals surface area contributed by atoms with E-state index in [0.717, 1.165) is 37.4 Å². The van der Waals surface area contributed by atoms with Gasteiger partial charge in [0, 0.05) is 6.54 Å². The number of fused-ring (bicyclic) bond motifs is 1. The third-order valence-electron chi connectivity index (χ3n) is 4.83. The Balaban J connectivity index is 1.62. The van der Waals surface area contributed by atoms with Gasteiger partial charge in [0.15, 0.2) is 0 Å². The van der Waals surface area contributed by atoms with Crippen LogP contribution in [0.25, 0.3) is 10.9 Å². The molecular weight excluding hydrogens is 350 g/mol. The van der Waals surface area contributed by atoms with Crippen molar-refractivity contribution in [3.63, 3.8) is 0 Å². The van der Waals surface area contributed by atoms with Gasteiger partial charge in [-0.2, -0.15) is 0 Å². The average Bonchev–Trinajstić information content (AvgIpc) is 2.72.